The monoisotopic (exact) mass is 404 g/mol. The summed E-state index contributed by atoms with van der Waals surface area (Å²) in [5.74, 6) is -0.345. The average molecular weight is 406 g/mol. The van der Waals surface area contributed by atoms with Gasteiger partial charge >= 0.3 is 5.97 Å². The standard InChI is InChI=1S/C17H19BrCl2O2/c1-9-5-6-13(18)10(2)11(9)8-22-16(21)15-12(7-14(19)20)17(15,3)4/h5-7,12,15H,8H2,1-4H3/t12-,15-/m0/s1. The maximum atomic E-state index is 12.3. The molecule has 1 aliphatic rings. The zero-order valence-electron chi connectivity index (χ0n) is 13.0. The molecular weight excluding hydrogens is 387 g/mol. The zero-order chi connectivity index (χ0) is 16.7. The maximum absolute atomic E-state index is 12.3. The van der Waals surface area contributed by atoms with Crippen molar-refractivity contribution in [1.29, 1.82) is 0 Å². The van der Waals surface area contributed by atoms with Crippen LogP contribution in [0.25, 0.3) is 0 Å². The second-order valence-corrected chi connectivity index (χ2v) is 8.22. The van der Waals surface area contributed by atoms with Gasteiger partial charge in [-0.2, -0.15) is 0 Å². The largest absolute Gasteiger partial charge is 0.461 e. The molecule has 0 amide bonds. The van der Waals surface area contributed by atoms with Crippen molar-refractivity contribution in [3.63, 3.8) is 0 Å². The Labute approximate surface area is 149 Å². The summed E-state index contributed by atoms with van der Waals surface area (Å²) in [5, 5.41) is 0. The van der Waals surface area contributed by atoms with Crippen LogP contribution in [-0.4, -0.2) is 5.97 Å². The van der Waals surface area contributed by atoms with Crippen LogP contribution in [0.5, 0.6) is 0 Å². The van der Waals surface area contributed by atoms with Gasteiger partial charge in [0.25, 0.3) is 0 Å². The minimum atomic E-state index is -0.195. The van der Waals surface area contributed by atoms with Crippen LogP contribution in [0.1, 0.15) is 30.5 Å². The van der Waals surface area contributed by atoms with Crippen LogP contribution >= 0.6 is 39.1 Å². The first-order valence-corrected chi connectivity index (χ1v) is 8.65. The first-order chi connectivity index (χ1) is 10.2. The quantitative estimate of drug-likeness (QED) is 0.600. The van der Waals surface area contributed by atoms with Crippen LogP contribution in [0.3, 0.4) is 0 Å². The molecule has 2 rings (SSSR count). The first kappa shape index (κ1) is 17.8. The van der Waals surface area contributed by atoms with Gasteiger partial charge in [-0.3, -0.25) is 4.79 Å². The molecule has 0 spiro atoms. The van der Waals surface area contributed by atoms with Crippen molar-refractivity contribution in [1.82, 2.24) is 0 Å². The molecule has 22 heavy (non-hydrogen) atoms. The highest BCUT2D eigenvalue weighted by Crippen LogP contribution is 2.60. The molecule has 0 unspecified atom stereocenters. The fourth-order valence-corrected chi connectivity index (χ4v) is 3.54. The number of aryl methyl sites for hydroxylation is 1. The molecule has 0 bridgehead atoms. The van der Waals surface area contributed by atoms with E-state index in [0.29, 0.717) is 0 Å². The van der Waals surface area contributed by atoms with Crippen LogP contribution in [-0.2, 0) is 16.1 Å². The molecule has 2 atom stereocenters. The van der Waals surface area contributed by atoms with Gasteiger partial charge in [-0.1, -0.05) is 59.0 Å². The molecule has 1 saturated carbocycles. The Hall–Kier alpha value is -0.510. The summed E-state index contributed by atoms with van der Waals surface area (Å²) in [6.07, 6.45) is 1.73. The van der Waals surface area contributed by atoms with Crippen molar-refractivity contribution in [2.75, 3.05) is 0 Å². The lowest BCUT2D eigenvalue weighted by molar-refractivity contribution is -0.147. The van der Waals surface area contributed by atoms with Gasteiger partial charge in [0.15, 0.2) is 0 Å². The Kier molecular flexibility index (Phi) is 5.31. The van der Waals surface area contributed by atoms with Crippen LogP contribution in [0.4, 0.5) is 0 Å². The molecular formula is C17H19BrCl2O2. The topological polar surface area (TPSA) is 26.3 Å². The Morgan fingerprint density at radius 1 is 1.36 bits per heavy atom. The van der Waals surface area contributed by atoms with Crippen LogP contribution < -0.4 is 0 Å². The lowest BCUT2D eigenvalue weighted by atomic mass is 10.0. The lowest BCUT2D eigenvalue weighted by Crippen LogP contribution is -2.12. The molecule has 1 fully saturated rings. The fraction of sp³-hybridized carbons (Fsp3) is 0.471. The fourth-order valence-electron chi connectivity index (χ4n) is 2.89. The van der Waals surface area contributed by atoms with Crippen LogP contribution in [0.2, 0.25) is 0 Å². The predicted octanol–water partition coefficient (Wildman–Crippen LogP) is 5.70. The van der Waals surface area contributed by atoms with Crippen molar-refractivity contribution in [2.24, 2.45) is 17.3 Å². The number of rotatable bonds is 4. The zero-order valence-corrected chi connectivity index (χ0v) is 16.1. The third-order valence-electron chi connectivity index (χ3n) is 4.60. The Morgan fingerprint density at radius 2 is 2.00 bits per heavy atom. The van der Waals surface area contributed by atoms with E-state index in [-0.39, 0.29) is 34.3 Å². The minimum Gasteiger partial charge on any atom is -0.461 e. The number of benzene rings is 1. The van der Waals surface area contributed by atoms with Crippen molar-refractivity contribution in [2.45, 2.75) is 34.3 Å². The van der Waals surface area contributed by atoms with Gasteiger partial charge in [-0.25, -0.2) is 0 Å². The van der Waals surface area contributed by atoms with E-state index in [2.05, 4.69) is 15.9 Å². The number of carbonyl (C=O) groups excluding carboxylic acids is 1. The number of ether oxygens (including phenoxy) is 1. The molecule has 0 heterocycles. The summed E-state index contributed by atoms with van der Waals surface area (Å²) in [6.45, 7) is 8.36. The Bertz CT molecular complexity index is 634. The van der Waals surface area contributed by atoms with Crippen LogP contribution in [0.15, 0.2) is 27.2 Å². The molecule has 2 nitrogen and oxygen atoms in total. The average Bonchev–Trinajstić information content (AvgIpc) is 2.94. The van der Waals surface area contributed by atoms with Crippen molar-refractivity contribution >= 4 is 45.1 Å². The smallest absolute Gasteiger partial charge is 0.310 e. The van der Waals surface area contributed by atoms with Crippen molar-refractivity contribution < 1.29 is 9.53 Å². The van der Waals surface area contributed by atoms with Gasteiger partial charge in [-0.05, 0) is 54.0 Å². The van der Waals surface area contributed by atoms with Crippen LogP contribution in [0, 0.1) is 31.1 Å². The van der Waals surface area contributed by atoms with E-state index in [0.717, 1.165) is 21.2 Å². The number of halogens is 3. The number of allylic oxidation sites excluding steroid dienone is 1. The van der Waals surface area contributed by atoms with Crippen molar-refractivity contribution in [3.05, 3.63) is 43.9 Å². The van der Waals surface area contributed by atoms with Gasteiger partial charge in [0.1, 0.15) is 11.1 Å². The van der Waals surface area contributed by atoms with E-state index in [4.69, 9.17) is 27.9 Å². The molecule has 1 aromatic carbocycles. The highest BCUT2D eigenvalue weighted by atomic mass is 79.9. The van der Waals surface area contributed by atoms with Gasteiger partial charge in [0.2, 0.25) is 0 Å². The normalized spacial score (nSPS) is 22.1. The summed E-state index contributed by atoms with van der Waals surface area (Å²) in [6, 6.07) is 4.02. The van der Waals surface area contributed by atoms with Gasteiger partial charge in [0.05, 0.1) is 5.92 Å². The third kappa shape index (κ3) is 3.52. The number of hydrogen-bond donors (Lipinski definition) is 0. The Morgan fingerprint density at radius 3 is 2.59 bits per heavy atom. The first-order valence-electron chi connectivity index (χ1n) is 7.10. The summed E-state index contributed by atoms with van der Waals surface area (Å²) >= 11 is 14.9. The molecule has 0 aromatic heterocycles. The lowest BCUT2D eigenvalue weighted by Gasteiger charge is -2.12. The van der Waals surface area contributed by atoms with E-state index in [1.165, 1.54) is 0 Å². The molecule has 0 N–H and O–H groups in total. The molecule has 120 valence electrons. The highest BCUT2D eigenvalue weighted by Gasteiger charge is 2.61. The molecule has 1 aromatic rings. The predicted molar refractivity (Wildman–Crippen MR) is 94.0 cm³/mol. The second kappa shape index (κ2) is 6.54. The molecule has 0 aliphatic heterocycles. The SMILES string of the molecule is Cc1ccc(Br)c(C)c1COC(=O)[C@@H]1[C@H](C=C(Cl)Cl)C1(C)C. The van der Waals surface area contributed by atoms with E-state index < -0.39 is 0 Å². The van der Waals surface area contributed by atoms with E-state index in [1.807, 2.05) is 39.8 Å². The number of carbonyl (C=O) groups is 1. The van der Waals surface area contributed by atoms with E-state index in [1.54, 1.807) is 6.08 Å². The number of hydrogen-bond acceptors (Lipinski definition) is 2. The summed E-state index contributed by atoms with van der Waals surface area (Å²) in [7, 11) is 0. The molecule has 0 saturated heterocycles. The van der Waals surface area contributed by atoms with Gasteiger partial charge in [-0.15, -0.1) is 0 Å². The number of esters is 1. The summed E-state index contributed by atoms with van der Waals surface area (Å²) in [4.78, 5) is 12.3. The van der Waals surface area contributed by atoms with E-state index >= 15 is 0 Å². The Balaban J connectivity index is 2.06. The molecule has 1 aliphatic carbocycles. The third-order valence-corrected chi connectivity index (χ3v) is 5.71. The van der Waals surface area contributed by atoms with E-state index in [9.17, 15) is 4.79 Å². The summed E-state index contributed by atoms with van der Waals surface area (Å²) in [5.41, 5.74) is 3.10. The maximum Gasteiger partial charge on any atom is 0.310 e. The molecule has 5 heteroatoms. The minimum absolute atomic E-state index is 0.0368. The summed E-state index contributed by atoms with van der Waals surface area (Å²) < 4.78 is 6.76. The second-order valence-electron chi connectivity index (χ2n) is 6.36. The molecule has 0 radical (unpaired) electrons. The highest BCUT2D eigenvalue weighted by molar-refractivity contribution is 9.10. The van der Waals surface area contributed by atoms with Gasteiger partial charge in [0, 0.05) is 4.47 Å². The van der Waals surface area contributed by atoms with Gasteiger partial charge < -0.3 is 4.74 Å². The van der Waals surface area contributed by atoms with Crippen molar-refractivity contribution in [3.8, 4) is 0 Å².